The summed E-state index contributed by atoms with van der Waals surface area (Å²) in [5.41, 5.74) is 0. The van der Waals surface area contributed by atoms with E-state index in [9.17, 15) is 8.42 Å². The maximum atomic E-state index is 12.3. The first-order valence-corrected chi connectivity index (χ1v) is 8.46. The fraction of sp³-hybridized carbons (Fsp3) is 0.615. The van der Waals surface area contributed by atoms with Gasteiger partial charge in [0.2, 0.25) is 10.0 Å². The van der Waals surface area contributed by atoms with E-state index in [0.29, 0.717) is 25.6 Å². The van der Waals surface area contributed by atoms with E-state index < -0.39 is 10.0 Å². The Kier molecular flexibility index (Phi) is 5.51. The lowest BCUT2D eigenvalue weighted by molar-refractivity contribution is 0.0354. The summed E-state index contributed by atoms with van der Waals surface area (Å²) in [4.78, 5) is 6.40. The van der Waals surface area contributed by atoms with Crippen LogP contribution in [0.5, 0.6) is 0 Å². The zero-order valence-electron chi connectivity index (χ0n) is 12.4. The van der Waals surface area contributed by atoms with Gasteiger partial charge in [0.05, 0.1) is 13.2 Å². The standard InChI is InChI=1S/C13H22N4O3S/c1-11(10-17-5-7-20-8-6-17)16-21(18,19)12-3-4-13(14-2)15-9-12/h3-4,9,11,16H,5-8,10H2,1-2H3,(H,14,15). The summed E-state index contributed by atoms with van der Waals surface area (Å²) in [6.07, 6.45) is 1.36. The molecule has 8 heteroatoms. The van der Waals surface area contributed by atoms with Crippen LogP contribution >= 0.6 is 0 Å². The van der Waals surface area contributed by atoms with Gasteiger partial charge >= 0.3 is 0 Å². The summed E-state index contributed by atoms with van der Waals surface area (Å²) in [6.45, 7) is 5.62. The summed E-state index contributed by atoms with van der Waals surface area (Å²) < 4.78 is 32.5. The smallest absolute Gasteiger partial charge is 0.242 e. The number of hydrogen-bond acceptors (Lipinski definition) is 6. The van der Waals surface area contributed by atoms with Gasteiger partial charge in [-0.1, -0.05) is 0 Å². The molecule has 1 aromatic heterocycles. The maximum absolute atomic E-state index is 12.3. The second kappa shape index (κ2) is 7.17. The van der Waals surface area contributed by atoms with E-state index in [0.717, 1.165) is 13.1 Å². The number of anilines is 1. The monoisotopic (exact) mass is 314 g/mol. The number of pyridine rings is 1. The van der Waals surface area contributed by atoms with Crippen molar-refractivity contribution in [1.82, 2.24) is 14.6 Å². The highest BCUT2D eigenvalue weighted by atomic mass is 32.2. The molecule has 0 aromatic carbocycles. The molecule has 1 unspecified atom stereocenters. The fourth-order valence-corrected chi connectivity index (χ4v) is 3.41. The van der Waals surface area contributed by atoms with Crippen LogP contribution in [0.2, 0.25) is 0 Å². The predicted molar refractivity (Wildman–Crippen MR) is 80.8 cm³/mol. The van der Waals surface area contributed by atoms with Crippen molar-refractivity contribution >= 4 is 15.8 Å². The molecule has 2 heterocycles. The lowest BCUT2D eigenvalue weighted by atomic mass is 10.3. The SMILES string of the molecule is CNc1ccc(S(=O)(=O)NC(C)CN2CCOCC2)cn1. The second-order valence-electron chi connectivity index (χ2n) is 5.06. The van der Waals surface area contributed by atoms with E-state index in [4.69, 9.17) is 4.74 Å². The van der Waals surface area contributed by atoms with Gasteiger partial charge in [-0.2, -0.15) is 0 Å². The highest BCUT2D eigenvalue weighted by Crippen LogP contribution is 2.11. The van der Waals surface area contributed by atoms with Crippen molar-refractivity contribution in [3.63, 3.8) is 0 Å². The van der Waals surface area contributed by atoms with Crippen molar-refractivity contribution in [3.05, 3.63) is 18.3 Å². The molecule has 0 spiro atoms. The normalized spacial score (nSPS) is 18.4. The Hall–Kier alpha value is -1.22. The number of ether oxygens (including phenoxy) is 1. The van der Waals surface area contributed by atoms with Crippen LogP contribution in [0.4, 0.5) is 5.82 Å². The van der Waals surface area contributed by atoms with Crippen LogP contribution in [-0.4, -0.2) is 64.2 Å². The van der Waals surface area contributed by atoms with Gasteiger partial charge in [-0.05, 0) is 19.1 Å². The second-order valence-corrected chi connectivity index (χ2v) is 6.78. The molecule has 7 nitrogen and oxygen atoms in total. The van der Waals surface area contributed by atoms with Crippen LogP contribution in [0.3, 0.4) is 0 Å². The number of hydrogen-bond donors (Lipinski definition) is 2. The number of morpholine rings is 1. The van der Waals surface area contributed by atoms with Gasteiger partial charge in [-0.25, -0.2) is 18.1 Å². The molecule has 1 atom stereocenters. The first-order chi connectivity index (χ1) is 10.0. The lowest BCUT2D eigenvalue weighted by Gasteiger charge is -2.29. The molecular weight excluding hydrogens is 292 g/mol. The van der Waals surface area contributed by atoms with E-state index in [2.05, 4.69) is 19.9 Å². The van der Waals surface area contributed by atoms with Gasteiger partial charge in [-0.15, -0.1) is 0 Å². The number of nitrogens with zero attached hydrogens (tertiary/aromatic N) is 2. The minimum atomic E-state index is -3.53. The van der Waals surface area contributed by atoms with Gasteiger partial charge in [0.25, 0.3) is 0 Å². The maximum Gasteiger partial charge on any atom is 0.242 e. The van der Waals surface area contributed by atoms with Crippen molar-refractivity contribution < 1.29 is 13.2 Å². The van der Waals surface area contributed by atoms with E-state index in [1.165, 1.54) is 6.20 Å². The Balaban J connectivity index is 1.95. The van der Waals surface area contributed by atoms with Gasteiger partial charge in [0.1, 0.15) is 10.7 Å². The summed E-state index contributed by atoms with van der Waals surface area (Å²) in [5.74, 6) is 0.635. The fourth-order valence-electron chi connectivity index (χ4n) is 2.23. The average molecular weight is 314 g/mol. The number of aromatic nitrogens is 1. The third-order valence-corrected chi connectivity index (χ3v) is 4.87. The molecule has 1 aliphatic heterocycles. The van der Waals surface area contributed by atoms with E-state index in [1.807, 2.05) is 6.92 Å². The summed E-state index contributed by atoms with van der Waals surface area (Å²) >= 11 is 0. The zero-order chi connectivity index (χ0) is 15.3. The predicted octanol–water partition coefficient (Wildman–Crippen LogP) is 0.122. The van der Waals surface area contributed by atoms with E-state index >= 15 is 0 Å². The Morgan fingerprint density at radius 1 is 1.38 bits per heavy atom. The molecule has 0 radical (unpaired) electrons. The number of rotatable bonds is 6. The Labute approximate surface area is 125 Å². The molecule has 0 aliphatic carbocycles. The molecule has 0 amide bonds. The molecule has 21 heavy (non-hydrogen) atoms. The Bertz CT molecular complexity index is 541. The zero-order valence-corrected chi connectivity index (χ0v) is 13.2. The molecule has 0 bridgehead atoms. The molecule has 1 aromatic rings. The highest BCUT2D eigenvalue weighted by Gasteiger charge is 2.20. The van der Waals surface area contributed by atoms with Gasteiger partial charge < -0.3 is 10.1 Å². The first kappa shape index (κ1) is 16.2. The Morgan fingerprint density at radius 3 is 2.67 bits per heavy atom. The molecule has 2 rings (SSSR count). The van der Waals surface area contributed by atoms with Crippen molar-refractivity contribution in [1.29, 1.82) is 0 Å². The quantitative estimate of drug-likeness (QED) is 0.776. The van der Waals surface area contributed by atoms with Gasteiger partial charge in [0.15, 0.2) is 0 Å². The van der Waals surface area contributed by atoms with Crippen LogP contribution in [-0.2, 0) is 14.8 Å². The molecule has 0 saturated carbocycles. The molecule has 118 valence electrons. The molecule has 2 N–H and O–H groups in total. The molecule has 1 aliphatic rings. The average Bonchev–Trinajstić information content (AvgIpc) is 2.47. The number of sulfonamides is 1. The molecular formula is C13H22N4O3S. The van der Waals surface area contributed by atoms with Crippen molar-refractivity contribution in [2.24, 2.45) is 0 Å². The molecule has 1 fully saturated rings. The van der Waals surface area contributed by atoms with E-state index in [1.54, 1.807) is 19.2 Å². The lowest BCUT2D eigenvalue weighted by Crippen LogP contribution is -2.45. The van der Waals surface area contributed by atoms with Crippen molar-refractivity contribution in [2.45, 2.75) is 17.9 Å². The van der Waals surface area contributed by atoms with Gasteiger partial charge in [-0.3, -0.25) is 4.90 Å². The van der Waals surface area contributed by atoms with Crippen molar-refractivity contribution in [2.75, 3.05) is 45.2 Å². The summed E-state index contributed by atoms with van der Waals surface area (Å²) in [5, 5.41) is 2.86. The third kappa shape index (κ3) is 4.63. The Morgan fingerprint density at radius 2 is 2.10 bits per heavy atom. The minimum absolute atomic E-state index is 0.169. The minimum Gasteiger partial charge on any atom is -0.379 e. The van der Waals surface area contributed by atoms with Crippen LogP contribution in [0, 0.1) is 0 Å². The van der Waals surface area contributed by atoms with Crippen LogP contribution in [0.15, 0.2) is 23.2 Å². The van der Waals surface area contributed by atoms with Crippen LogP contribution in [0.25, 0.3) is 0 Å². The van der Waals surface area contributed by atoms with Crippen molar-refractivity contribution in [3.8, 4) is 0 Å². The highest BCUT2D eigenvalue weighted by molar-refractivity contribution is 7.89. The summed E-state index contributed by atoms with van der Waals surface area (Å²) in [6, 6.07) is 3.01. The van der Waals surface area contributed by atoms with E-state index in [-0.39, 0.29) is 10.9 Å². The summed E-state index contributed by atoms with van der Waals surface area (Å²) in [7, 11) is -1.80. The topological polar surface area (TPSA) is 83.6 Å². The molecule has 1 saturated heterocycles. The third-order valence-electron chi connectivity index (χ3n) is 3.29. The number of nitrogens with one attached hydrogen (secondary N) is 2. The first-order valence-electron chi connectivity index (χ1n) is 6.97. The largest absolute Gasteiger partial charge is 0.379 e. The van der Waals surface area contributed by atoms with Crippen LogP contribution < -0.4 is 10.0 Å². The van der Waals surface area contributed by atoms with Crippen LogP contribution in [0.1, 0.15) is 6.92 Å². The van der Waals surface area contributed by atoms with Gasteiger partial charge in [0, 0.05) is 38.9 Å².